The van der Waals surface area contributed by atoms with Crippen molar-refractivity contribution in [3.8, 4) is 0 Å². The standard InChI is InChI=1S/C21H24FNO/c1-21(18-5-3-2-4-6-18)13-15-23(16-14-21)20(24)12-9-17-7-10-19(22)11-8-17/h2-8,10-11H,9,12-16H2,1H3. The average Bonchev–Trinajstić information content (AvgIpc) is 2.62. The molecule has 0 unspecified atom stereocenters. The van der Waals surface area contributed by atoms with Gasteiger partial charge in [-0.1, -0.05) is 49.4 Å². The van der Waals surface area contributed by atoms with Crippen molar-refractivity contribution in [2.75, 3.05) is 13.1 Å². The highest BCUT2D eigenvalue weighted by Crippen LogP contribution is 2.35. The maximum Gasteiger partial charge on any atom is 0.222 e. The van der Waals surface area contributed by atoms with Crippen LogP contribution in [0, 0.1) is 5.82 Å². The zero-order valence-corrected chi connectivity index (χ0v) is 14.2. The number of hydrogen-bond acceptors (Lipinski definition) is 1. The summed E-state index contributed by atoms with van der Waals surface area (Å²) in [6.07, 6.45) is 3.16. The Hall–Kier alpha value is -2.16. The van der Waals surface area contributed by atoms with Crippen molar-refractivity contribution in [1.82, 2.24) is 4.90 Å². The summed E-state index contributed by atoms with van der Waals surface area (Å²) in [5, 5.41) is 0. The predicted molar refractivity (Wildman–Crippen MR) is 94.3 cm³/mol. The minimum Gasteiger partial charge on any atom is -0.343 e. The molecule has 0 radical (unpaired) electrons. The number of carbonyl (C=O) groups excluding carboxylic acids is 1. The van der Waals surface area contributed by atoms with Gasteiger partial charge in [-0.25, -0.2) is 4.39 Å². The maximum absolute atomic E-state index is 12.9. The Morgan fingerprint density at radius 2 is 1.67 bits per heavy atom. The van der Waals surface area contributed by atoms with Crippen LogP contribution in [0.2, 0.25) is 0 Å². The molecule has 0 bridgehead atoms. The first-order valence-electron chi connectivity index (χ1n) is 8.65. The molecule has 3 heteroatoms. The molecule has 0 spiro atoms. The number of amides is 1. The Balaban J connectivity index is 1.52. The van der Waals surface area contributed by atoms with E-state index in [1.54, 1.807) is 12.1 Å². The molecule has 3 rings (SSSR count). The van der Waals surface area contributed by atoms with Gasteiger partial charge in [0.25, 0.3) is 0 Å². The number of halogens is 1. The molecule has 1 aliphatic rings. The lowest BCUT2D eigenvalue weighted by molar-refractivity contribution is -0.132. The van der Waals surface area contributed by atoms with E-state index in [9.17, 15) is 9.18 Å². The number of nitrogens with zero attached hydrogens (tertiary/aromatic N) is 1. The number of aryl methyl sites for hydroxylation is 1. The van der Waals surface area contributed by atoms with Crippen molar-refractivity contribution in [3.63, 3.8) is 0 Å². The number of carbonyl (C=O) groups is 1. The number of benzene rings is 2. The smallest absolute Gasteiger partial charge is 0.222 e. The normalized spacial score (nSPS) is 16.8. The summed E-state index contributed by atoms with van der Waals surface area (Å²) in [6, 6.07) is 17.0. The van der Waals surface area contributed by atoms with E-state index in [4.69, 9.17) is 0 Å². The Morgan fingerprint density at radius 1 is 1.04 bits per heavy atom. The summed E-state index contributed by atoms with van der Waals surface area (Å²) in [5.74, 6) is -0.0317. The molecule has 24 heavy (non-hydrogen) atoms. The minimum atomic E-state index is -0.235. The molecule has 1 aliphatic heterocycles. The van der Waals surface area contributed by atoms with E-state index >= 15 is 0 Å². The van der Waals surface area contributed by atoms with Gasteiger partial charge in [0.15, 0.2) is 0 Å². The van der Waals surface area contributed by atoms with Crippen LogP contribution in [0.15, 0.2) is 54.6 Å². The lowest BCUT2D eigenvalue weighted by Gasteiger charge is -2.40. The lowest BCUT2D eigenvalue weighted by Crippen LogP contribution is -2.44. The van der Waals surface area contributed by atoms with Crippen LogP contribution in [0.1, 0.15) is 37.3 Å². The molecule has 1 heterocycles. The van der Waals surface area contributed by atoms with Gasteiger partial charge in [0, 0.05) is 19.5 Å². The topological polar surface area (TPSA) is 20.3 Å². The summed E-state index contributed by atoms with van der Waals surface area (Å²) in [5.41, 5.74) is 2.54. The summed E-state index contributed by atoms with van der Waals surface area (Å²) in [6.45, 7) is 3.92. The number of piperidine rings is 1. The Kier molecular flexibility index (Phi) is 4.98. The van der Waals surface area contributed by atoms with E-state index in [2.05, 4.69) is 31.2 Å². The van der Waals surface area contributed by atoms with Crippen LogP contribution in [0.25, 0.3) is 0 Å². The predicted octanol–water partition coefficient (Wildman–Crippen LogP) is 4.34. The van der Waals surface area contributed by atoms with Crippen LogP contribution in [0.4, 0.5) is 4.39 Å². The molecule has 1 saturated heterocycles. The molecule has 0 N–H and O–H groups in total. The van der Waals surface area contributed by atoms with E-state index < -0.39 is 0 Å². The van der Waals surface area contributed by atoms with Gasteiger partial charge < -0.3 is 4.90 Å². The highest BCUT2D eigenvalue weighted by Gasteiger charge is 2.32. The van der Waals surface area contributed by atoms with Crippen molar-refractivity contribution in [2.45, 2.75) is 38.0 Å². The third-order valence-electron chi connectivity index (χ3n) is 5.23. The molecule has 126 valence electrons. The Morgan fingerprint density at radius 3 is 2.29 bits per heavy atom. The van der Waals surface area contributed by atoms with Gasteiger partial charge in [-0.15, -0.1) is 0 Å². The van der Waals surface area contributed by atoms with Gasteiger partial charge in [0.05, 0.1) is 0 Å². The SMILES string of the molecule is CC1(c2ccccc2)CCN(C(=O)CCc2ccc(F)cc2)CC1. The quantitative estimate of drug-likeness (QED) is 0.819. The van der Waals surface area contributed by atoms with E-state index in [0.29, 0.717) is 12.8 Å². The molecule has 2 aromatic rings. The van der Waals surface area contributed by atoms with Crippen LogP contribution >= 0.6 is 0 Å². The van der Waals surface area contributed by atoms with Gasteiger partial charge in [-0.3, -0.25) is 4.79 Å². The van der Waals surface area contributed by atoms with Gasteiger partial charge in [-0.05, 0) is 47.9 Å². The number of rotatable bonds is 4. The van der Waals surface area contributed by atoms with Crippen molar-refractivity contribution in [2.24, 2.45) is 0 Å². The largest absolute Gasteiger partial charge is 0.343 e. The van der Waals surface area contributed by atoms with Crippen LogP contribution in [0.5, 0.6) is 0 Å². The monoisotopic (exact) mass is 325 g/mol. The number of likely N-dealkylation sites (tertiary alicyclic amines) is 1. The molecule has 1 fully saturated rings. The van der Waals surface area contributed by atoms with Crippen molar-refractivity contribution < 1.29 is 9.18 Å². The molecule has 0 aromatic heterocycles. The van der Waals surface area contributed by atoms with Crippen molar-refractivity contribution in [1.29, 1.82) is 0 Å². The van der Waals surface area contributed by atoms with E-state index in [0.717, 1.165) is 31.5 Å². The molecule has 0 aliphatic carbocycles. The fourth-order valence-corrected chi connectivity index (χ4v) is 3.44. The molecular formula is C21H24FNO. The second-order valence-electron chi connectivity index (χ2n) is 6.93. The maximum atomic E-state index is 12.9. The second-order valence-corrected chi connectivity index (χ2v) is 6.93. The highest BCUT2D eigenvalue weighted by atomic mass is 19.1. The van der Waals surface area contributed by atoms with Crippen molar-refractivity contribution in [3.05, 3.63) is 71.5 Å². The third kappa shape index (κ3) is 3.84. The molecule has 0 atom stereocenters. The molecule has 0 saturated carbocycles. The van der Waals surface area contributed by atoms with Crippen LogP contribution in [-0.4, -0.2) is 23.9 Å². The van der Waals surface area contributed by atoms with Crippen molar-refractivity contribution >= 4 is 5.91 Å². The average molecular weight is 325 g/mol. The highest BCUT2D eigenvalue weighted by molar-refractivity contribution is 5.76. The lowest BCUT2D eigenvalue weighted by atomic mass is 9.74. The van der Waals surface area contributed by atoms with Gasteiger partial charge in [0.2, 0.25) is 5.91 Å². The zero-order chi connectivity index (χ0) is 17.0. The van der Waals surface area contributed by atoms with Crippen LogP contribution in [-0.2, 0) is 16.6 Å². The molecular weight excluding hydrogens is 301 g/mol. The Bertz CT molecular complexity index is 673. The first-order valence-corrected chi connectivity index (χ1v) is 8.65. The summed E-state index contributed by atoms with van der Waals surface area (Å²) < 4.78 is 12.9. The molecule has 1 amide bonds. The minimum absolute atomic E-state index is 0.162. The molecule has 2 aromatic carbocycles. The van der Waals surface area contributed by atoms with Crippen LogP contribution < -0.4 is 0 Å². The third-order valence-corrected chi connectivity index (χ3v) is 5.23. The van der Waals surface area contributed by atoms with Gasteiger partial charge in [-0.2, -0.15) is 0 Å². The van der Waals surface area contributed by atoms with Gasteiger partial charge >= 0.3 is 0 Å². The Labute approximate surface area is 143 Å². The zero-order valence-electron chi connectivity index (χ0n) is 14.2. The van der Waals surface area contributed by atoms with Crippen LogP contribution in [0.3, 0.4) is 0 Å². The van der Waals surface area contributed by atoms with E-state index in [-0.39, 0.29) is 17.1 Å². The van der Waals surface area contributed by atoms with E-state index in [1.165, 1.54) is 17.7 Å². The second kappa shape index (κ2) is 7.16. The first-order chi connectivity index (χ1) is 11.6. The summed E-state index contributed by atoms with van der Waals surface area (Å²) >= 11 is 0. The molecule has 2 nitrogen and oxygen atoms in total. The van der Waals surface area contributed by atoms with E-state index in [1.807, 2.05) is 11.0 Å². The summed E-state index contributed by atoms with van der Waals surface area (Å²) in [4.78, 5) is 14.4. The fraction of sp³-hybridized carbons (Fsp3) is 0.381. The van der Waals surface area contributed by atoms with Gasteiger partial charge in [0.1, 0.15) is 5.82 Å². The number of hydrogen-bond donors (Lipinski definition) is 0. The first kappa shape index (κ1) is 16.7. The fourth-order valence-electron chi connectivity index (χ4n) is 3.44. The summed E-state index contributed by atoms with van der Waals surface area (Å²) in [7, 11) is 0.